The van der Waals surface area contributed by atoms with Crippen molar-refractivity contribution in [2.75, 3.05) is 5.73 Å². The Morgan fingerprint density at radius 2 is 2.08 bits per heavy atom. The zero-order valence-corrected chi connectivity index (χ0v) is 8.73. The van der Waals surface area contributed by atoms with E-state index in [1.54, 1.807) is 6.07 Å². The Balaban J connectivity index is 3.15. The van der Waals surface area contributed by atoms with Gasteiger partial charge in [-0.15, -0.1) is 0 Å². The number of hydrogen-bond donors (Lipinski definition) is 2. The molecule has 0 aliphatic rings. The van der Waals surface area contributed by atoms with Crippen molar-refractivity contribution in [2.24, 2.45) is 5.73 Å². The molecule has 1 unspecified atom stereocenters. The van der Waals surface area contributed by atoms with Crippen molar-refractivity contribution in [2.45, 2.75) is 26.3 Å². The molecule has 0 radical (unpaired) electrons. The summed E-state index contributed by atoms with van der Waals surface area (Å²) in [5.74, 6) is 0. The van der Waals surface area contributed by atoms with Gasteiger partial charge in [0.1, 0.15) is 0 Å². The largest absolute Gasteiger partial charge is 0.398 e. The Hall–Kier alpha value is -0.730. The molecule has 3 heteroatoms. The minimum atomic E-state index is 0.0102. The molecule has 0 aliphatic heterocycles. The summed E-state index contributed by atoms with van der Waals surface area (Å²) in [7, 11) is 0. The molecule has 0 spiro atoms. The van der Waals surface area contributed by atoms with E-state index >= 15 is 0 Å². The zero-order chi connectivity index (χ0) is 10.0. The van der Waals surface area contributed by atoms with Crippen molar-refractivity contribution in [3.05, 3.63) is 28.3 Å². The van der Waals surface area contributed by atoms with Crippen molar-refractivity contribution in [1.82, 2.24) is 0 Å². The summed E-state index contributed by atoms with van der Waals surface area (Å²) in [6.45, 7) is 3.99. The van der Waals surface area contributed by atoms with E-state index in [2.05, 4.69) is 0 Å². The fraction of sp³-hybridized carbons (Fsp3) is 0.400. The van der Waals surface area contributed by atoms with Crippen molar-refractivity contribution < 1.29 is 0 Å². The summed E-state index contributed by atoms with van der Waals surface area (Å²) in [6, 6.07) is 3.74. The van der Waals surface area contributed by atoms with E-state index in [4.69, 9.17) is 23.1 Å². The number of nitrogens with two attached hydrogens (primary N) is 2. The molecule has 1 rings (SSSR count). The fourth-order valence-corrected chi connectivity index (χ4v) is 1.43. The molecule has 4 N–H and O–H groups in total. The maximum atomic E-state index is 5.91. The van der Waals surface area contributed by atoms with Crippen LogP contribution < -0.4 is 11.5 Å². The maximum absolute atomic E-state index is 5.91. The van der Waals surface area contributed by atoms with Crippen molar-refractivity contribution in [1.29, 1.82) is 0 Å². The molecule has 0 fully saturated rings. The highest BCUT2D eigenvalue weighted by Crippen LogP contribution is 2.27. The van der Waals surface area contributed by atoms with Crippen molar-refractivity contribution in [3.8, 4) is 0 Å². The summed E-state index contributed by atoms with van der Waals surface area (Å²) in [5.41, 5.74) is 14.4. The van der Waals surface area contributed by atoms with Gasteiger partial charge in [0.05, 0.1) is 0 Å². The number of anilines is 1. The first-order valence-electron chi connectivity index (χ1n) is 4.37. The summed E-state index contributed by atoms with van der Waals surface area (Å²) >= 11 is 5.91. The lowest BCUT2D eigenvalue weighted by molar-refractivity contribution is 0.700. The topological polar surface area (TPSA) is 52.0 Å². The van der Waals surface area contributed by atoms with Crippen LogP contribution in [0.3, 0.4) is 0 Å². The number of aryl methyl sites for hydroxylation is 1. The minimum absolute atomic E-state index is 0.0102. The highest BCUT2D eigenvalue weighted by molar-refractivity contribution is 6.31. The standard InChI is InChI=1S/C10H15ClN2/c1-3-9(12)7-4-6(2)8(11)5-10(7)13/h4-5,9H,3,12-13H2,1-2H3. The van der Waals surface area contributed by atoms with E-state index in [0.717, 1.165) is 17.5 Å². The lowest BCUT2D eigenvalue weighted by Gasteiger charge is -2.13. The van der Waals surface area contributed by atoms with Crippen LogP contribution in [0.15, 0.2) is 12.1 Å². The monoisotopic (exact) mass is 198 g/mol. The third-order valence-electron chi connectivity index (χ3n) is 2.20. The molecule has 0 bridgehead atoms. The van der Waals surface area contributed by atoms with Crippen molar-refractivity contribution >= 4 is 17.3 Å². The van der Waals surface area contributed by atoms with Crippen molar-refractivity contribution in [3.63, 3.8) is 0 Å². The molecule has 0 aromatic heterocycles. The van der Waals surface area contributed by atoms with Gasteiger partial charge in [-0.2, -0.15) is 0 Å². The smallest absolute Gasteiger partial charge is 0.0455 e. The molecule has 0 heterocycles. The quantitative estimate of drug-likeness (QED) is 0.718. The molecule has 1 atom stereocenters. The molecule has 0 amide bonds. The van der Waals surface area contributed by atoms with Gasteiger partial charge in [-0.05, 0) is 30.5 Å². The number of rotatable bonds is 2. The van der Waals surface area contributed by atoms with Crippen LogP contribution in [0.5, 0.6) is 0 Å². The highest BCUT2D eigenvalue weighted by Gasteiger charge is 2.09. The van der Waals surface area contributed by atoms with E-state index in [1.807, 2.05) is 19.9 Å². The van der Waals surface area contributed by atoms with E-state index in [-0.39, 0.29) is 6.04 Å². The van der Waals surface area contributed by atoms with Gasteiger partial charge < -0.3 is 11.5 Å². The first-order valence-corrected chi connectivity index (χ1v) is 4.75. The summed E-state index contributed by atoms with van der Waals surface area (Å²) in [6.07, 6.45) is 0.880. The first kappa shape index (κ1) is 10.4. The number of halogens is 1. The minimum Gasteiger partial charge on any atom is -0.398 e. The van der Waals surface area contributed by atoms with E-state index in [0.29, 0.717) is 10.7 Å². The number of hydrogen-bond acceptors (Lipinski definition) is 2. The lowest BCUT2D eigenvalue weighted by Crippen LogP contribution is -2.11. The molecule has 72 valence electrons. The Bertz CT molecular complexity index is 310. The number of nitrogen functional groups attached to an aromatic ring is 1. The molecule has 0 aliphatic carbocycles. The Morgan fingerprint density at radius 3 is 2.62 bits per heavy atom. The van der Waals surface area contributed by atoms with Gasteiger partial charge in [0.25, 0.3) is 0 Å². The van der Waals surface area contributed by atoms with Gasteiger partial charge in [0.2, 0.25) is 0 Å². The zero-order valence-electron chi connectivity index (χ0n) is 7.97. The highest BCUT2D eigenvalue weighted by atomic mass is 35.5. The van der Waals surface area contributed by atoms with E-state index < -0.39 is 0 Å². The fourth-order valence-electron chi connectivity index (χ4n) is 1.26. The van der Waals surface area contributed by atoms with Gasteiger partial charge in [-0.25, -0.2) is 0 Å². The molecule has 0 saturated carbocycles. The van der Waals surface area contributed by atoms with Crippen LogP contribution in [0.25, 0.3) is 0 Å². The average Bonchev–Trinajstić information content (AvgIpc) is 2.10. The predicted molar refractivity (Wildman–Crippen MR) is 57.8 cm³/mol. The van der Waals surface area contributed by atoms with Crippen LogP contribution in [0.4, 0.5) is 5.69 Å². The normalized spacial score (nSPS) is 12.9. The van der Waals surface area contributed by atoms with Gasteiger partial charge in [0.15, 0.2) is 0 Å². The molecule has 1 aromatic carbocycles. The van der Waals surface area contributed by atoms with Crippen LogP contribution in [0, 0.1) is 6.92 Å². The summed E-state index contributed by atoms with van der Waals surface area (Å²) < 4.78 is 0. The van der Waals surface area contributed by atoms with Crippen LogP contribution in [-0.2, 0) is 0 Å². The third kappa shape index (κ3) is 2.14. The first-order chi connectivity index (χ1) is 6.06. The summed E-state index contributed by atoms with van der Waals surface area (Å²) in [5, 5.41) is 0.699. The molecular formula is C10H15ClN2. The Labute approximate surface area is 83.9 Å². The third-order valence-corrected chi connectivity index (χ3v) is 2.61. The van der Waals surface area contributed by atoms with Crippen LogP contribution >= 0.6 is 11.6 Å². The second-order valence-corrected chi connectivity index (χ2v) is 3.65. The molecule has 1 aromatic rings. The van der Waals surface area contributed by atoms with Crippen LogP contribution in [-0.4, -0.2) is 0 Å². The average molecular weight is 199 g/mol. The Morgan fingerprint density at radius 1 is 1.46 bits per heavy atom. The molecule has 0 saturated heterocycles. The van der Waals surface area contributed by atoms with Crippen LogP contribution in [0.1, 0.15) is 30.5 Å². The Kier molecular flexibility index (Phi) is 3.17. The second-order valence-electron chi connectivity index (χ2n) is 3.25. The van der Waals surface area contributed by atoms with Crippen LogP contribution in [0.2, 0.25) is 5.02 Å². The summed E-state index contributed by atoms with van der Waals surface area (Å²) in [4.78, 5) is 0. The predicted octanol–water partition coefficient (Wildman–Crippen LogP) is 2.64. The van der Waals surface area contributed by atoms with Gasteiger partial charge >= 0.3 is 0 Å². The van der Waals surface area contributed by atoms with E-state index in [1.165, 1.54) is 0 Å². The van der Waals surface area contributed by atoms with E-state index in [9.17, 15) is 0 Å². The molecule has 13 heavy (non-hydrogen) atoms. The SMILES string of the molecule is CCC(N)c1cc(C)c(Cl)cc1N. The molecule has 2 nitrogen and oxygen atoms in total. The lowest BCUT2D eigenvalue weighted by atomic mass is 10.0. The maximum Gasteiger partial charge on any atom is 0.0455 e. The molecular weight excluding hydrogens is 184 g/mol. The van der Waals surface area contributed by atoms with Gasteiger partial charge in [0, 0.05) is 16.8 Å². The van der Waals surface area contributed by atoms with Gasteiger partial charge in [-0.1, -0.05) is 24.6 Å². The number of benzene rings is 1. The van der Waals surface area contributed by atoms with Gasteiger partial charge in [-0.3, -0.25) is 0 Å². The second kappa shape index (κ2) is 3.99.